The molecule has 0 aromatic heterocycles. The van der Waals surface area contributed by atoms with Gasteiger partial charge in [-0.05, 0) is 60.5 Å². The number of para-hydroxylation sites is 1. The first-order chi connectivity index (χ1) is 17.3. The summed E-state index contributed by atoms with van der Waals surface area (Å²) in [6, 6.07) is 30.5. The van der Waals surface area contributed by atoms with Crippen LogP contribution in [0.4, 0.5) is 5.69 Å². The second kappa shape index (κ2) is 9.76. The normalized spacial score (nSPS) is 15.2. The summed E-state index contributed by atoms with van der Waals surface area (Å²) in [5, 5.41) is 0.567. The van der Waals surface area contributed by atoms with Crippen LogP contribution in [0, 0.1) is 6.92 Å². The number of benzene rings is 4. The molecule has 0 N–H and O–H groups in total. The molecule has 1 heterocycles. The fourth-order valence-electron chi connectivity index (χ4n) is 4.48. The third kappa shape index (κ3) is 4.60. The van der Waals surface area contributed by atoms with E-state index in [-0.39, 0.29) is 23.0 Å². The summed E-state index contributed by atoms with van der Waals surface area (Å²) in [6.07, 6.45) is 2.10. The van der Waals surface area contributed by atoms with Crippen molar-refractivity contribution >= 4 is 38.8 Å². The fraction of sp³-hybridized carbons (Fsp3) is 0.100. The minimum Gasteiger partial charge on any atom is -0.294 e. The number of carbonyl (C=O) groups is 1. The topological polar surface area (TPSA) is 54.5 Å². The Morgan fingerprint density at radius 3 is 2.17 bits per heavy atom. The SMILES string of the molecule is Cc1ccc(S(=O)(=O)N2C(c3ccccc3)=C[C@@H](CC(=O)c3ccc(Cl)cc3)c3ccccc32)cc1. The Bertz CT molecular complexity index is 1540. The van der Waals surface area contributed by atoms with Gasteiger partial charge in [0.05, 0.1) is 16.3 Å². The molecule has 1 aliphatic heterocycles. The predicted octanol–water partition coefficient (Wildman–Crippen LogP) is 7.26. The molecule has 1 aliphatic rings. The van der Waals surface area contributed by atoms with Crippen LogP contribution in [0.3, 0.4) is 0 Å². The molecule has 4 nitrogen and oxygen atoms in total. The highest BCUT2D eigenvalue weighted by molar-refractivity contribution is 7.93. The first-order valence-electron chi connectivity index (χ1n) is 11.6. The number of nitrogens with zero attached hydrogens (tertiary/aromatic N) is 1. The van der Waals surface area contributed by atoms with Crippen molar-refractivity contribution in [1.82, 2.24) is 0 Å². The summed E-state index contributed by atoms with van der Waals surface area (Å²) < 4.78 is 29.5. The van der Waals surface area contributed by atoms with Crippen molar-refractivity contribution in [3.05, 3.63) is 136 Å². The third-order valence-electron chi connectivity index (χ3n) is 6.33. The average molecular weight is 514 g/mol. The summed E-state index contributed by atoms with van der Waals surface area (Å²) in [6.45, 7) is 1.92. The standard InChI is InChI=1S/C30H24ClNO3S/c1-21-11-17-26(18-12-21)36(34,35)32-28-10-6-5-9-27(28)24(19-29(32)22-7-3-2-4-8-22)20-30(33)23-13-15-25(31)16-14-23/h2-19,24H,20H2,1H3/t24-/m0/s1. The number of allylic oxidation sites excluding steroid dienone is 1. The summed E-state index contributed by atoms with van der Waals surface area (Å²) >= 11 is 6.00. The van der Waals surface area contributed by atoms with E-state index in [1.165, 1.54) is 4.31 Å². The lowest BCUT2D eigenvalue weighted by molar-refractivity contribution is 0.0978. The lowest BCUT2D eigenvalue weighted by Crippen LogP contribution is -2.33. The van der Waals surface area contributed by atoms with E-state index in [9.17, 15) is 13.2 Å². The van der Waals surface area contributed by atoms with E-state index in [1.54, 1.807) is 54.6 Å². The van der Waals surface area contributed by atoms with Gasteiger partial charge in [-0.15, -0.1) is 0 Å². The second-order valence-electron chi connectivity index (χ2n) is 8.80. The number of anilines is 1. The van der Waals surface area contributed by atoms with E-state index in [0.717, 1.165) is 16.7 Å². The van der Waals surface area contributed by atoms with Crippen molar-refractivity contribution in [3.63, 3.8) is 0 Å². The average Bonchev–Trinajstić information content (AvgIpc) is 2.89. The molecule has 4 aromatic carbocycles. The van der Waals surface area contributed by atoms with E-state index in [0.29, 0.717) is 22.0 Å². The Kier molecular flexibility index (Phi) is 6.52. The van der Waals surface area contributed by atoms with Crippen molar-refractivity contribution in [2.24, 2.45) is 0 Å². The van der Waals surface area contributed by atoms with Crippen molar-refractivity contribution in [2.45, 2.75) is 24.2 Å². The van der Waals surface area contributed by atoms with Gasteiger partial charge in [-0.2, -0.15) is 0 Å². The number of fused-ring (bicyclic) bond motifs is 1. The third-order valence-corrected chi connectivity index (χ3v) is 8.33. The number of ketones is 1. The molecule has 1 atom stereocenters. The molecule has 36 heavy (non-hydrogen) atoms. The number of halogens is 1. The lowest BCUT2D eigenvalue weighted by atomic mass is 9.86. The Labute approximate surface area is 216 Å². The minimum absolute atomic E-state index is 0.0371. The van der Waals surface area contributed by atoms with E-state index in [2.05, 4.69) is 0 Å². The zero-order chi connectivity index (χ0) is 25.3. The quantitative estimate of drug-likeness (QED) is 0.255. The molecule has 0 saturated heterocycles. The van der Waals surface area contributed by atoms with Gasteiger partial charge in [0.2, 0.25) is 0 Å². The van der Waals surface area contributed by atoms with Crippen molar-refractivity contribution in [1.29, 1.82) is 0 Å². The maximum absolute atomic E-state index is 14.0. The Hall–Kier alpha value is -3.67. The molecule has 0 aliphatic carbocycles. The first kappa shape index (κ1) is 24.0. The predicted molar refractivity (Wildman–Crippen MR) is 145 cm³/mol. The maximum Gasteiger partial charge on any atom is 0.268 e. The highest BCUT2D eigenvalue weighted by atomic mass is 35.5. The van der Waals surface area contributed by atoms with Crippen LogP contribution in [-0.2, 0) is 10.0 Å². The van der Waals surface area contributed by atoms with Gasteiger partial charge in [0.25, 0.3) is 10.0 Å². The number of aryl methyl sites for hydroxylation is 1. The fourth-order valence-corrected chi connectivity index (χ4v) is 6.15. The van der Waals surface area contributed by atoms with E-state index in [4.69, 9.17) is 11.6 Å². The maximum atomic E-state index is 14.0. The van der Waals surface area contributed by atoms with E-state index in [1.807, 2.05) is 61.5 Å². The van der Waals surface area contributed by atoms with Gasteiger partial charge in [0, 0.05) is 22.9 Å². The Morgan fingerprint density at radius 2 is 1.47 bits per heavy atom. The Morgan fingerprint density at radius 1 is 0.833 bits per heavy atom. The molecule has 180 valence electrons. The summed E-state index contributed by atoms with van der Waals surface area (Å²) in [4.78, 5) is 13.4. The molecular weight excluding hydrogens is 490 g/mol. The van der Waals surface area contributed by atoms with Crippen LogP contribution >= 0.6 is 11.6 Å². The number of rotatable bonds is 6. The van der Waals surface area contributed by atoms with Gasteiger partial charge in [0.15, 0.2) is 5.78 Å². The van der Waals surface area contributed by atoms with Gasteiger partial charge in [-0.3, -0.25) is 4.79 Å². The minimum atomic E-state index is -3.93. The van der Waals surface area contributed by atoms with Gasteiger partial charge in [-0.1, -0.05) is 83.9 Å². The van der Waals surface area contributed by atoms with Gasteiger partial charge < -0.3 is 0 Å². The highest BCUT2D eigenvalue weighted by Crippen LogP contribution is 2.44. The number of carbonyl (C=O) groups excluding carboxylic acids is 1. The van der Waals surface area contributed by atoms with Crippen LogP contribution in [-0.4, -0.2) is 14.2 Å². The van der Waals surface area contributed by atoms with Gasteiger partial charge in [0.1, 0.15) is 0 Å². The molecular formula is C30H24ClNO3S. The summed E-state index contributed by atoms with van der Waals surface area (Å²) in [5.41, 5.74) is 4.17. The van der Waals surface area contributed by atoms with Gasteiger partial charge in [-0.25, -0.2) is 12.7 Å². The number of Topliss-reactive ketones (excluding diaryl/α,β-unsaturated/α-hetero) is 1. The highest BCUT2D eigenvalue weighted by Gasteiger charge is 2.36. The van der Waals surface area contributed by atoms with E-state index >= 15 is 0 Å². The molecule has 0 amide bonds. The molecule has 0 saturated carbocycles. The number of hydrogen-bond donors (Lipinski definition) is 0. The zero-order valence-electron chi connectivity index (χ0n) is 19.6. The van der Waals surface area contributed by atoms with E-state index < -0.39 is 10.0 Å². The van der Waals surface area contributed by atoms with Gasteiger partial charge >= 0.3 is 0 Å². The second-order valence-corrected chi connectivity index (χ2v) is 11.0. The monoisotopic (exact) mass is 513 g/mol. The molecule has 4 aromatic rings. The molecule has 0 bridgehead atoms. The van der Waals surface area contributed by atoms with Crippen molar-refractivity contribution < 1.29 is 13.2 Å². The molecule has 0 fully saturated rings. The Balaban J connectivity index is 1.65. The van der Waals surface area contributed by atoms with Crippen molar-refractivity contribution in [3.8, 4) is 0 Å². The lowest BCUT2D eigenvalue weighted by Gasteiger charge is -2.35. The number of hydrogen-bond acceptors (Lipinski definition) is 3. The van der Waals surface area contributed by atoms with Crippen molar-refractivity contribution in [2.75, 3.05) is 4.31 Å². The largest absolute Gasteiger partial charge is 0.294 e. The van der Waals surface area contributed by atoms with Crippen LogP contribution < -0.4 is 4.31 Å². The molecule has 6 heteroatoms. The molecule has 0 spiro atoms. The zero-order valence-corrected chi connectivity index (χ0v) is 21.2. The summed E-state index contributed by atoms with van der Waals surface area (Å²) in [7, 11) is -3.93. The molecule has 0 unspecified atom stereocenters. The van der Waals surface area contributed by atoms with Crippen LogP contribution in [0.2, 0.25) is 5.02 Å². The molecule has 0 radical (unpaired) electrons. The summed E-state index contributed by atoms with van der Waals surface area (Å²) in [5.74, 6) is -0.339. The van der Waals surface area contributed by atoms with Crippen LogP contribution in [0.15, 0.2) is 114 Å². The molecule has 5 rings (SSSR count). The number of sulfonamides is 1. The van der Waals surface area contributed by atoms with Crippen LogP contribution in [0.1, 0.15) is 39.4 Å². The first-order valence-corrected chi connectivity index (χ1v) is 13.4. The van der Waals surface area contributed by atoms with Crippen LogP contribution in [0.5, 0.6) is 0 Å². The van der Waals surface area contributed by atoms with Crippen LogP contribution in [0.25, 0.3) is 5.70 Å². The smallest absolute Gasteiger partial charge is 0.268 e.